The molecule has 0 aliphatic carbocycles. The second-order valence-corrected chi connectivity index (χ2v) is 10.4. The zero-order valence-electron chi connectivity index (χ0n) is 21.4. The number of alkyl halides is 1. The van der Waals surface area contributed by atoms with Crippen molar-refractivity contribution in [1.29, 1.82) is 0 Å². The molecule has 0 aromatic carbocycles. The molecule has 3 fully saturated rings. The number of anilines is 4. The highest BCUT2D eigenvalue weighted by Crippen LogP contribution is 2.31. The van der Waals surface area contributed by atoms with Crippen LogP contribution in [0.3, 0.4) is 0 Å². The molecule has 0 bridgehead atoms. The highest BCUT2D eigenvalue weighted by molar-refractivity contribution is 5.87. The number of carboxylic acids is 1. The largest absolute Gasteiger partial charge is 0.478 e. The zero-order valence-corrected chi connectivity index (χ0v) is 21.4. The normalized spacial score (nSPS) is 23.4. The summed E-state index contributed by atoms with van der Waals surface area (Å²) in [5.74, 6) is 2.43. The van der Waals surface area contributed by atoms with Crippen molar-refractivity contribution >= 4 is 29.4 Å². The topological polar surface area (TPSA) is 88.9 Å². The molecule has 0 saturated carbocycles. The van der Waals surface area contributed by atoms with Crippen LogP contribution in [0, 0.1) is 6.92 Å². The summed E-state index contributed by atoms with van der Waals surface area (Å²) in [6, 6.07) is 4.33. The molecule has 1 unspecified atom stereocenters. The van der Waals surface area contributed by atoms with Crippen molar-refractivity contribution < 1.29 is 14.3 Å². The van der Waals surface area contributed by atoms with E-state index >= 15 is 0 Å². The van der Waals surface area contributed by atoms with Crippen LogP contribution >= 0.6 is 0 Å². The average Bonchev–Trinajstić information content (AvgIpc) is 3.30. The number of piperazine rings is 1. The second kappa shape index (κ2) is 10.1. The van der Waals surface area contributed by atoms with Crippen LogP contribution in [0.2, 0.25) is 0 Å². The number of carbonyl (C=O) groups is 1. The molecule has 0 amide bonds. The molecule has 9 nitrogen and oxygen atoms in total. The zero-order chi connectivity index (χ0) is 25.4. The molecule has 2 aromatic rings. The smallest absolute Gasteiger partial charge is 0.337 e. The fraction of sp³-hybridized carbons (Fsp3) is 0.615. The molecule has 3 aliphatic heterocycles. The van der Waals surface area contributed by atoms with Gasteiger partial charge >= 0.3 is 5.97 Å². The van der Waals surface area contributed by atoms with Crippen molar-refractivity contribution in [1.82, 2.24) is 15.0 Å². The molecule has 36 heavy (non-hydrogen) atoms. The lowest BCUT2D eigenvalue weighted by Crippen LogP contribution is -2.53. The second-order valence-electron chi connectivity index (χ2n) is 10.4. The lowest BCUT2D eigenvalue weighted by Gasteiger charge is -2.42. The molecular formula is C26H36FN7O2. The predicted octanol–water partition coefficient (Wildman–Crippen LogP) is 3.52. The summed E-state index contributed by atoms with van der Waals surface area (Å²) < 4.78 is 13.8. The first-order valence-corrected chi connectivity index (χ1v) is 13.1. The first-order valence-electron chi connectivity index (χ1n) is 13.1. The van der Waals surface area contributed by atoms with E-state index in [4.69, 9.17) is 9.97 Å². The van der Waals surface area contributed by atoms with Gasteiger partial charge in [0.2, 0.25) is 5.95 Å². The number of hydrogen-bond acceptors (Lipinski definition) is 8. The maximum Gasteiger partial charge on any atom is 0.337 e. The number of rotatable bonds is 5. The van der Waals surface area contributed by atoms with E-state index in [-0.39, 0.29) is 11.6 Å². The van der Waals surface area contributed by atoms with Crippen molar-refractivity contribution in [3.05, 3.63) is 29.5 Å². The molecule has 3 saturated heterocycles. The standard InChI is InChI=1S/C26H36FN7O2/c1-17-13-20(25(35)36)15-28-24(17)32-11-12-33(19(3)16-32)23-14-22(31-9-6-21(27)7-10-31)29-26(30-23)34-8-4-5-18(34)2/h13-15,18-19,21H,4-12,16H2,1-3H3,(H,35,36)/t18?,19-/m1/s1. The van der Waals surface area contributed by atoms with Crippen LogP contribution in [0.5, 0.6) is 0 Å². The Kier molecular flexibility index (Phi) is 6.85. The third-order valence-corrected chi connectivity index (χ3v) is 7.76. The van der Waals surface area contributed by atoms with E-state index in [2.05, 4.69) is 44.5 Å². The van der Waals surface area contributed by atoms with Gasteiger partial charge in [0.25, 0.3) is 0 Å². The summed E-state index contributed by atoms with van der Waals surface area (Å²) >= 11 is 0. The van der Waals surface area contributed by atoms with Crippen molar-refractivity contribution in [3.8, 4) is 0 Å². The minimum absolute atomic E-state index is 0.169. The van der Waals surface area contributed by atoms with Crippen molar-refractivity contribution in [2.45, 2.75) is 64.7 Å². The molecule has 1 N–H and O–H groups in total. The van der Waals surface area contributed by atoms with Gasteiger partial charge in [-0.25, -0.2) is 14.2 Å². The van der Waals surface area contributed by atoms with Crippen LogP contribution in [0.4, 0.5) is 27.8 Å². The third kappa shape index (κ3) is 4.90. The summed E-state index contributed by atoms with van der Waals surface area (Å²) in [7, 11) is 0. The summed E-state index contributed by atoms with van der Waals surface area (Å²) in [6.07, 6.45) is 4.06. The van der Waals surface area contributed by atoms with E-state index in [1.807, 2.05) is 6.92 Å². The van der Waals surface area contributed by atoms with Gasteiger partial charge in [0.15, 0.2) is 0 Å². The van der Waals surface area contributed by atoms with E-state index in [1.54, 1.807) is 6.07 Å². The number of carboxylic acid groups (broad SMARTS) is 1. The van der Waals surface area contributed by atoms with Crippen molar-refractivity contribution in [3.63, 3.8) is 0 Å². The van der Waals surface area contributed by atoms with Crippen molar-refractivity contribution in [2.24, 2.45) is 0 Å². The Labute approximate surface area is 211 Å². The van der Waals surface area contributed by atoms with Crippen LogP contribution in [0.15, 0.2) is 18.3 Å². The number of pyridine rings is 1. The predicted molar refractivity (Wildman–Crippen MR) is 139 cm³/mol. The van der Waals surface area contributed by atoms with Crippen LogP contribution in [0.25, 0.3) is 0 Å². The van der Waals surface area contributed by atoms with Gasteiger partial charge in [0.05, 0.1) is 5.56 Å². The molecule has 0 spiro atoms. The Hall–Kier alpha value is -3.17. The summed E-state index contributed by atoms with van der Waals surface area (Å²) in [6.45, 7) is 10.9. The first-order chi connectivity index (χ1) is 17.3. The number of aromatic carboxylic acids is 1. The van der Waals surface area contributed by atoms with Gasteiger partial charge in [0.1, 0.15) is 23.6 Å². The van der Waals surface area contributed by atoms with E-state index in [9.17, 15) is 14.3 Å². The summed E-state index contributed by atoms with van der Waals surface area (Å²) in [5.41, 5.74) is 1.07. The fourth-order valence-corrected chi connectivity index (χ4v) is 5.66. The number of aryl methyl sites for hydroxylation is 1. The number of halogens is 1. The van der Waals surface area contributed by atoms with Crippen LogP contribution in [-0.2, 0) is 0 Å². The lowest BCUT2D eigenvalue weighted by atomic mass is 10.1. The van der Waals surface area contributed by atoms with Gasteiger partial charge in [-0.05, 0) is 58.1 Å². The Bertz CT molecular complexity index is 1110. The Morgan fingerprint density at radius 1 is 0.944 bits per heavy atom. The van der Waals surface area contributed by atoms with Gasteiger partial charge in [-0.15, -0.1) is 0 Å². The maximum absolute atomic E-state index is 13.8. The molecule has 194 valence electrons. The van der Waals surface area contributed by atoms with Gasteiger partial charge in [-0.2, -0.15) is 9.97 Å². The third-order valence-electron chi connectivity index (χ3n) is 7.76. The number of aromatic nitrogens is 3. The van der Waals surface area contributed by atoms with Crippen LogP contribution in [-0.4, -0.2) is 83.6 Å². The van der Waals surface area contributed by atoms with Gasteiger partial charge < -0.3 is 24.7 Å². The van der Waals surface area contributed by atoms with E-state index in [0.29, 0.717) is 32.0 Å². The minimum atomic E-state index is -0.964. The van der Waals surface area contributed by atoms with E-state index in [1.165, 1.54) is 6.20 Å². The van der Waals surface area contributed by atoms with Gasteiger partial charge in [0, 0.05) is 63.6 Å². The Balaban J connectivity index is 1.39. The van der Waals surface area contributed by atoms with Crippen LogP contribution in [0.1, 0.15) is 55.5 Å². The SMILES string of the molecule is Cc1cc(C(=O)O)cnc1N1CCN(c2cc(N3CCC(F)CC3)nc(N3CCCC3C)n2)[C@H](C)C1. The number of piperidine rings is 1. The van der Waals surface area contributed by atoms with Crippen LogP contribution < -0.4 is 19.6 Å². The molecule has 5 heterocycles. The van der Waals surface area contributed by atoms with E-state index < -0.39 is 12.1 Å². The maximum atomic E-state index is 13.8. The Morgan fingerprint density at radius 2 is 1.69 bits per heavy atom. The summed E-state index contributed by atoms with van der Waals surface area (Å²) in [5, 5.41) is 9.26. The fourth-order valence-electron chi connectivity index (χ4n) is 5.66. The van der Waals surface area contributed by atoms with Crippen molar-refractivity contribution in [2.75, 3.05) is 58.9 Å². The van der Waals surface area contributed by atoms with Gasteiger partial charge in [-0.3, -0.25) is 0 Å². The number of hydrogen-bond donors (Lipinski definition) is 1. The monoisotopic (exact) mass is 497 g/mol. The molecule has 2 aromatic heterocycles. The molecule has 3 aliphatic rings. The highest BCUT2D eigenvalue weighted by atomic mass is 19.1. The molecule has 0 radical (unpaired) electrons. The molecule has 2 atom stereocenters. The quantitative estimate of drug-likeness (QED) is 0.666. The first kappa shape index (κ1) is 24.5. The van der Waals surface area contributed by atoms with Gasteiger partial charge in [-0.1, -0.05) is 0 Å². The average molecular weight is 498 g/mol. The Morgan fingerprint density at radius 3 is 2.33 bits per heavy atom. The summed E-state index contributed by atoms with van der Waals surface area (Å²) in [4.78, 5) is 34.8. The van der Waals surface area contributed by atoms with E-state index in [0.717, 1.165) is 68.0 Å². The lowest BCUT2D eigenvalue weighted by molar-refractivity contribution is 0.0696. The number of nitrogens with zero attached hydrogens (tertiary/aromatic N) is 7. The molecular weight excluding hydrogens is 461 g/mol. The minimum Gasteiger partial charge on any atom is -0.478 e. The highest BCUT2D eigenvalue weighted by Gasteiger charge is 2.30. The molecule has 5 rings (SSSR count). The molecule has 10 heteroatoms.